The molecule has 1 heterocycles. The molecular formula is C19H26ClN5O3. The summed E-state index contributed by atoms with van der Waals surface area (Å²) >= 11 is 0. The summed E-state index contributed by atoms with van der Waals surface area (Å²) in [7, 11) is 0. The van der Waals surface area contributed by atoms with Crippen LogP contribution in [0.4, 0.5) is 5.69 Å². The minimum Gasteiger partial charge on any atom is -0.349 e. The highest BCUT2D eigenvalue weighted by Gasteiger charge is 2.13. The van der Waals surface area contributed by atoms with E-state index < -0.39 is 4.92 Å². The number of halogens is 1. The Hall–Kier alpha value is -2.45. The summed E-state index contributed by atoms with van der Waals surface area (Å²) in [5, 5.41) is 21.4. The van der Waals surface area contributed by atoms with Gasteiger partial charge in [-0.2, -0.15) is 5.10 Å². The highest BCUT2D eigenvalue weighted by Crippen LogP contribution is 2.17. The number of non-ortho nitro benzene ring substituents is 1. The molecule has 1 amide bonds. The lowest BCUT2D eigenvalue weighted by Gasteiger charge is -2.16. The summed E-state index contributed by atoms with van der Waals surface area (Å²) in [5.74, 6) is -0.224. The Morgan fingerprint density at radius 2 is 1.79 bits per heavy atom. The zero-order valence-electron chi connectivity index (χ0n) is 15.7. The van der Waals surface area contributed by atoms with Crippen LogP contribution < -0.4 is 10.6 Å². The van der Waals surface area contributed by atoms with Crippen LogP contribution in [-0.2, 0) is 0 Å². The van der Waals surface area contributed by atoms with Crippen LogP contribution in [0.25, 0.3) is 5.69 Å². The summed E-state index contributed by atoms with van der Waals surface area (Å²) < 4.78 is 1.53. The summed E-state index contributed by atoms with van der Waals surface area (Å²) in [4.78, 5) is 22.5. The van der Waals surface area contributed by atoms with Crippen LogP contribution in [0, 0.1) is 10.1 Å². The van der Waals surface area contributed by atoms with Gasteiger partial charge in [-0.1, -0.05) is 25.7 Å². The zero-order valence-corrected chi connectivity index (χ0v) is 16.5. The molecule has 0 unspecified atom stereocenters. The van der Waals surface area contributed by atoms with Gasteiger partial charge in [-0.15, -0.1) is 12.4 Å². The number of nitrogens with zero attached hydrogens (tertiary/aromatic N) is 3. The Morgan fingerprint density at radius 3 is 2.43 bits per heavy atom. The summed E-state index contributed by atoms with van der Waals surface area (Å²) in [5.41, 5.74) is 1.00. The molecule has 8 nitrogen and oxygen atoms in total. The third-order valence-corrected chi connectivity index (χ3v) is 4.85. The monoisotopic (exact) mass is 407 g/mol. The Morgan fingerprint density at radius 1 is 1.11 bits per heavy atom. The third-order valence-electron chi connectivity index (χ3n) is 4.85. The summed E-state index contributed by atoms with van der Waals surface area (Å²) in [6, 6.07) is 8.22. The second-order valence-electron chi connectivity index (χ2n) is 6.82. The van der Waals surface area contributed by atoms with Crippen molar-refractivity contribution in [3.8, 4) is 5.69 Å². The number of nitro groups is 1. The smallest absolute Gasteiger partial charge is 0.271 e. The van der Waals surface area contributed by atoms with Gasteiger partial charge < -0.3 is 10.6 Å². The summed E-state index contributed by atoms with van der Waals surface area (Å²) in [6.07, 6.45) is 9.31. The predicted octanol–water partition coefficient (Wildman–Crippen LogP) is 3.24. The molecule has 0 atom stereocenters. The van der Waals surface area contributed by atoms with Crippen LogP contribution in [0.5, 0.6) is 0 Å². The Balaban J connectivity index is 0.00000280. The molecule has 1 aliphatic carbocycles. The molecule has 2 aromatic rings. The predicted molar refractivity (Wildman–Crippen MR) is 109 cm³/mol. The quantitative estimate of drug-likeness (QED) is 0.317. The molecule has 3 rings (SSSR count). The van der Waals surface area contributed by atoms with Gasteiger partial charge in [0.2, 0.25) is 0 Å². The van der Waals surface area contributed by atoms with Crippen molar-refractivity contribution >= 4 is 24.0 Å². The van der Waals surface area contributed by atoms with Gasteiger partial charge in [0, 0.05) is 37.5 Å². The van der Waals surface area contributed by atoms with E-state index in [1.165, 1.54) is 55.3 Å². The molecule has 1 aromatic heterocycles. The fourth-order valence-corrected chi connectivity index (χ4v) is 3.34. The number of aromatic nitrogens is 2. The maximum absolute atomic E-state index is 12.2. The topological polar surface area (TPSA) is 102 Å². The van der Waals surface area contributed by atoms with E-state index in [2.05, 4.69) is 15.7 Å². The van der Waals surface area contributed by atoms with Crippen molar-refractivity contribution in [3.63, 3.8) is 0 Å². The molecule has 0 saturated heterocycles. The van der Waals surface area contributed by atoms with E-state index >= 15 is 0 Å². The third kappa shape index (κ3) is 6.03. The number of carbonyl (C=O) groups is 1. The number of nitrogens with one attached hydrogen (secondary N) is 2. The zero-order chi connectivity index (χ0) is 19.1. The number of hydrogen-bond donors (Lipinski definition) is 2. The van der Waals surface area contributed by atoms with Crippen molar-refractivity contribution in [2.45, 2.75) is 44.6 Å². The normalized spacial score (nSPS) is 14.7. The number of rotatable bonds is 7. The van der Waals surface area contributed by atoms with Gasteiger partial charge in [-0.05, 0) is 31.0 Å². The minimum absolute atomic E-state index is 0. The van der Waals surface area contributed by atoms with Gasteiger partial charge in [0.1, 0.15) is 0 Å². The lowest BCUT2D eigenvalue weighted by molar-refractivity contribution is -0.384. The van der Waals surface area contributed by atoms with E-state index in [0.29, 0.717) is 24.0 Å². The molecule has 0 aliphatic heterocycles. The number of nitro benzene ring substituents is 1. The Bertz CT molecular complexity index is 770. The maximum Gasteiger partial charge on any atom is 0.271 e. The first-order valence-corrected chi connectivity index (χ1v) is 9.45. The number of carbonyl (C=O) groups excluding carboxylic acids is 1. The Kier molecular flexibility index (Phi) is 8.41. The molecule has 152 valence electrons. The average molecular weight is 408 g/mol. The second kappa shape index (κ2) is 10.8. The lowest BCUT2D eigenvalue weighted by atomic mass is 10.1. The van der Waals surface area contributed by atoms with Crippen molar-refractivity contribution in [2.24, 2.45) is 0 Å². The number of hydrogen-bond acceptors (Lipinski definition) is 5. The minimum atomic E-state index is -0.450. The van der Waals surface area contributed by atoms with Gasteiger partial charge in [-0.25, -0.2) is 4.68 Å². The first-order valence-electron chi connectivity index (χ1n) is 9.45. The fraction of sp³-hybridized carbons (Fsp3) is 0.474. The molecule has 1 aromatic carbocycles. The summed E-state index contributed by atoms with van der Waals surface area (Å²) in [6.45, 7) is 1.30. The molecule has 0 bridgehead atoms. The molecule has 9 heteroatoms. The van der Waals surface area contributed by atoms with Crippen molar-refractivity contribution in [1.82, 2.24) is 20.4 Å². The SMILES string of the molecule is Cl.O=C(NCCNC1CCCCCC1)c1ccn(-c2ccc([N+](=O)[O-])cc2)n1. The molecule has 1 aliphatic rings. The number of benzene rings is 1. The average Bonchev–Trinajstić information content (AvgIpc) is 3.03. The first-order chi connectivity index (χ1) is 13.1. The fourth-order valence-electron chi connectivity index (χ4n) is 3.34. The van der Waals surface area contributed by atoms with Crippen LogP contribution >= 0.6 is 12.4 Å². The van der Waals surface area contributed by atoms with Crippen LogP contribution in [0.15, 0.2) is 36.5 Å². The molecular weight excluding hydrogens is 382 g/mol. The Labute approximate surface area is 170 Å². The molecule has 0 radical (unpaired) electrons. The highest BCUT2D eigenvalue weighted by molar-refractivity contribution is 5.92. The van der Waals surface area contributed by atoms with Gasteiger partial charge in [0.15, 0.2) is 5.69 Å². The van der Waals surface area contributed by atoms with E-state index in [4.69, 9.17) is 0 Å². The van der Waals surface area contributed by atoms with Crippen molar-refractivity contribution in [3.05, 3.63) is 52.3 Å². The molecule has 1 fully saturated rings. The van der Waals surface area contributed by atoms with Gasteiger partial charge in [0.25, 0.3) is 11.6 Å². The van der Waals surface area contributed by atoms with E-state index in [1.54, 1.807) is 24.4 Å². The van der Waals surface area contributed by atoms with Crippen molar-refractivity contribution in [1.29, 1.82) is 0 Å². The molecule has 1 saturated carbocycles. The maximum atomic E-state index is 12.2. The lowest BCUT2D eigenvalue weighted by Crippen LogP contribution is -2.37. The molecule has 2 N–H and O–H groups in total. The van der Waals surface area contributed by atoms with E-state index in [9.17, 15) is 14.9 Å². The van der Waals surface area contributed by atoms with Gasteiger partial charge in [0.05, 0.1) is 10.6 Å². The van der Waals surface area contributed by atoms with Crippen LogP contribution in [-0.4, -0.2) is 39.7 Å². The number of amides is 1. The molecule has 0 spiro atoms. The van der Waals surface area contributed by atoms with Crippen molar-refractivity contribution in [2.75, 3.05) is 13.1 Å². The van der Waals surface area contributed by atoms with E-state index in [0.717, 1.165) is 6.54 Å². The van der Waals surface area contributed by atoms with Gasteiger partial charge in [-0.3, -0.25) is 14.9 Å². The second-order valence-corrected chi connectivity index (χ2v) is 6.82. The van der Waals surface area contributed by atoms with Crippen LogP contribution in [0.2, 0.25) is 0 Å². The van der Waals surface area contributed by atoms with Crippen LogP contribution in [0.3, 0.4) is 0 Å². The first kappa shape index (κ1) is 21.8. The van der Waals surface area contributed by atoms with Crippen LogP contribution in [0.1, 0.15) is 49.0 Å². The van der Waals surface area contributed by atoms with E-state index in [1.807, 2.05) is 0 Å². The highest BCUT2D eigenvalue weighted by atomic mass is 35.5. The largest absolute Gasteiger partial charge is 0.349 e. The van der Waals surface area contributed by atoms with Gasteiger partial charge >= 0.3 is 0 Å². The van der Waals surface area contributed by atoms with E-state index in [-0.39, 0.29) is 24.0 Å². The molecule has 28 heavy (non-hydrogen) atoms. The standard InChI is InChI=1S/C19H25N5O3.ClH/c25-19(21-13-12-20-15-5-3-1-2-4-6-15)18-11-14-23(22-18)16-7-9-17(10-8-16)24(26)27;/h7-11,14-15,20H,1-6,12-13H2,(H,21,25);1H. The van der Waals surface area contributed by atoms with Crippen molar-refractivity contribution < 1.29 is 9.72 Å².